The van der Waals surface area contributed by atoms with Crippen molar-refractivity contribution in [2.24, 2.45) is 11.5 Å². The molecule has 1 heterocycles. The minimum atomic E-state index is -0.341. The summed E-state index contributed by atoms with van der Waals surface area (Å²) < 4.78 is 0. The van der Waals surface area contributed by atoms with Gasteiger partial charge in [0, 0.05) is 30.9 Å². The summed E-state index contributed by atoms with van der Waals surface area (Å²) in [5.74, 6) is -0.341. The van der Waals surface area contributed by atoms with E-state index in [-0.39, 0.29) is 5.91 Å². The molecule has 1 aliphatic rings. The van der Waals surface area contributed by atoms with Crippen LogP contribution in [0.1, 0.15) is 22.3 Å². The van der Waals surface area contributed by atoms with Crippen LogP contribution in [0.5, 0.6) is 0 Å². The van der Waals surface area contributed by atoms with E-state index in [4.69, 9.17) is 11.5 Å². The highest BCUT2D eigenvalue weighted by molar-refractivity contribution is 5.96. The molecular formula is C12H17N3O. The summed E-state index contributed by atoms with van der Waals surface area (Å²) >= 11 is 0. The van der Waals surface area contributed by atoms with Gasteiger partial charge in [-0.15, -0.1) is 0 Å². The fraction of sp³-hybridized carbons (Fsp3) is 0.417. The van der Waals surface area contributed by atoms with E-state index in [1.54, 1.807) is 6.07 Å². The topological polar surface area (TPSA) is 72.3 Å². The zero-order chi connectivity index (χ0) is 11.5. The molecule has 1 amide bonds. The minimum Gasteiger partial charge on any atom is -0.370 e. The minimum absolute atomic E-state index is 0.341. The fourth-order valence-corrected chi connectivity index (χ4v) is 2.32. The number of hydrogen-bond donors (Lipinski definition) is 2. The molecule has 0 bridgehead atoms. The van der Waals surface area contributed by atoms with Crippen molar-refractivity contribution in [3.63, 3.8) is 0 Å². The van der Waals surface area contributed by atoms with Gasteiger partial charge in [-0.2, -0.15) is 0 Å². The summed E-state index contributed by atoms with van der Waals surface area (Å²) in [7, 11) is 0. The number of benzene rings is 1. The van der Waals surface area contributed by atoms with Gasteiger partial charge in [0.1, 0.15) is 0 Å². The molecule has 2 rings (SSSR count). The molecule has 4 nitrogen and oxygen atoms in total. The lowest BCUT2D eigenvalue weighted by Gasteiger charge is -2.31. The summed E-state index contributed by atoms with van der Waals surface area (Å²) in [6.07, 6.45) is 1.98. The Labute approximate surface area is 95.2 Å². The first-order chi connectivity index (χ1) is 7.74. The maximum Gasteiger partial charge on any atom is 0.249 e. The molecule has 16 heavy (non-hydrogen) atoms. The number of carbonyl (C=O) groups excluding carboxylic acids is 1. The van der Waals surface area contributed by atoms with E-state index in [1.165, 1.54) is 0 Å². The predicted molar refractivity (Wildman–Crippen MR) is 64.5 cm³/mol. The molecule has 86 valence electrons. The van der Waals surface area contributed by atoms with E-state index in [9.17, 15) is 4.79 Å². The Morgan fingerprint density at radius 3 is 2.94 bits per heavy atom. The lowest BCUT2D eigenvalue weighted by Crippen LogP contribution is -2.34. The molecule has 0 aliphatic carbocycles. The van der Waals surface area contributed by atoms with E-state index >= 15 is 0 Å². The third-order valence-corrected chi connectivity index (χ3v) is 3.01. The number of amides is 1. The van der Waals surface area contributed by atoms with Gasteiger partial charge in [-0.05, 0) is 30.5 Å². The molecule has 0 aromatic heterocycles. The van der Waals surface area contributed by atoms with Crippen molar-refractivity contribution in [1.82, 2.24) is 0 Å². The predicted octanol–water partition coefficient (Wildman–Crippen LogP) is 0.497. The van der Waals surface area contributed by atoms with Gasteiger partial charge in [-0.1, -0.05) is 6.07 Å². The molecule has 4 N–H and O–H groups in total. The largest absolute Gasteiger partial charge is 0.370 e. The summed E-state index contributed by atoms with van der Waals surface area (Å²) in [4.78, 5) is 13.5. The molecule has 4 heteroatoms. The van der Waals surface area contributed by atoms with Crippen LogP contribution in [0, 0.1) is 0 Å². The van der Waals surface area contributed by atoms with Crippen molar-refractivity contribution in [3.05, 3.63) is 29.3 Å². The van der Waals surface area contributed by atoms with Crippen LogP contribution in [0.25, 0.3) is 0 Å². The number of primary amides is 1. The molecule has 1 aromatic carbocycles. The van der Waals surface area contributed by atoms with Gasteiger partial charge in [0.05, 0.1) is 0 Å². The Bertz CT molecular complexity index is 403. The van der Waals surface area contributed by atoms with E-state index in [0.717, 1.165) is 37.2 Å². The number of nitrogens with zero attached hydrogens (tertiary/aromatic N) is 1. The van der Waals surface area contributed by atoms with Gasteiger partial charge < -0.3 is 16.4 Å². The SMILES string of the molecule is NCCN1CCCc2c(C(N)=O)cccc21. The molecule has 1 aliphatic heterocycles. The first-order valence-electron chi connectivity index (χ1n) is 5.60. The molecule has 0 fully saturated rings. The van der Waals surface area contributed by atoms with Crippen LogP contribution in [0.15, 0.2) is 18.2 Å². The van der Waals surface area contributed by atoms with Crippen LogP contribution in [0.4, 0.5) is 5.69 Å². The lowest BCUT2D eigenvalue weighted by molar-refractivity contribution is 0.0999. The third kappa shape index (κ3) is 1.88. The maximum absolute atomic E-state index is 11.3. The monoisotopic (exact) mass is 219 g/mol. The van der Waals surface area contributed by atoms with E-state index in [1.807, 2.05) is 12.1 Å². The number of anilines is 1. The van der Waals surface area contributed by atoms with Crippen molar-refractivity contribution >= 4 is 11.6 Å². The van der Waals surface area contributed by atoms with Crippen LogP contribution in [0.2, 0.25) is 0 Å². The molecule has 0 spiro atoms. The highest BCUT2D eigenvalue weighted by Gasteiger charge is 2.20. The molecule has 0 unspecified atom stereocenters. The Morgan fingerprint density at radius 2 is 2.25 bits per heavy atom. The van der Waals surface area contributed by atoms with Crippen LogP contribution in [0.3, 0.4) is 0 Å². The zero-order valence-electron chi connectivity index (χ0n) is 9.28. The first kappa shape index (κ1) is 11.0. The van der Waals surface area contributed by atoms with Crippen molar-refractivity contribution < 1.29 is 4.79 Å². The third-order valence-electron chi connectivity index (χ3n) is 3.01. The van der Waals surface area contributed by atoms with Crippen LogP contribution < -0.4 is 16.4 Å². The molecule has 1 aromatic rings. The second-order valence-electron chi connectivity index (χ2n) is 4.05. The molecule has 0 atom stereocenters. The molecule has 0 saturated heterocycles. The normalized spacial score (nSPS) is 14.7. The Balaban J connectivity index is 2.42. The Morgan fingerprint density at radius 1 is 1.44 bits per heavy atom. The van der Waals surface area contributed by atoms with E-state index in [2.05, 4.69) is 4.90 Å². The maximum atomic E-state index is 11.3. The fourth-order valence-electron chi connectivity index (χ4n) is 2.32. The van der Waals surface area contributed by atoms with Crippen molar-refractivity contribution in [3.8, 4) is 0 Å². The number of fused-ring (bicyclic) bond motifs is 1. The quantitative estimate of drug-likeness (QED) is 0.777. The van der Waals surface area contributed by atoms with Crippen molar-refractivity contribution in [2.45, 2.75) is 12.8 Å². The second-order valence-corrected chi connectivity index (χ2v) is 4.05. The van der Waals surface area contributed by atoms with Crippen molar-refractivity contribution in [1.29, 1.82) is 0 Å². The highest BCUT2D eigenvalue weighted by Crippen LogP contribution is 2.29. The standard InChI is InChI=1S/C12H17N3O/c13-6-8-15-7-2-4-9-10(12(14)16)3-1-5-11(9)15/h1,3,5H,2,4,6-8,13H2,(H2,14,16). The summed E-state index contributed by atoms with van der Waals surface area (Å²) in [5, 5.41) is 0. The Kier molecular flexibility index (Phi) is 3.10. The van der Waals surface area contributed by atoms with Gasteiger partial charge in [0.25, 0.3) is 0 Å². The van der Waals surface area contributed by atoms with Crippen LogP contribution in [-0.4, -0.2) is 25.5 Å². The van der Waals surface area contributed by atoms with Crippen LogP contribution >= 0.6 is 0 Å². The van der Waals surface area contributed by atoms with Gasteiger partial charge in [0.2, 0.25) is 5.91 Å². The van der Waals surface area contributed by atoms with Gasteiger partial charge in [0.15, 0.2) is 0 Å². The van der Waals surface area contributed by atoms with Gasteiger partial charge >= 0.3 is 0 Å². The smallest absolute Gasteiger partial charge is 0.249 e. The summed E-state index contributed by atoms with van der Waals surface area (Å²) in [5.41, 5.74) is 13.8. The number of carbonyl (C=O) groups is 1. The zero-order valence-corrected chi connectivity index (χ0v) is 9.28. The highest BCUT2D eigenvalue weighted by atomic mass is 16.1. The number of hydrogen-bond acceptors (Lipinski definition) is 3. The first-order valence-corrected chi connectivity index (χ1v) is 5.60. The van der Waals surface area contributed by atoms with E-state index < -0.39 is 0 Å². The van der Waals surface area contributed by atoms with E-state index in [0.29, 0.717) is 12.1 Å². The summed E-state index contributed by atoms with van der Waals surface area (Å²) in [6, 6.07) is 5.72. The average molecular weight is 219 g/mol. The molecule has 0 radical (unpaired) electrons. The molecule has 0 saturated carbocycles. The summed E-state index contributed by atoms with van der Waals surface area (Å²) in [6.45, 7) is 2.46. The van der Waals surface area contributed by atoms with Gasteiger partial charge in [-0.25, -0.2) is 0 Å². The number of nitrogens with two attached hydrogens (primary N) is 2. The second kappa shape index (κ2) is 4.53. The van der Waals surface area contributed by atoms with Crippen molar-refractivity contribution in [2.75, 3.05) is 24.5 Å². The molecular weight excluding hydrogens is 202 g/mol. The number of rotatable bonds is 3. The Hall–Kier alpha value is -1.55. The van der Waals surface area contributed by atoms with Crippen LogP contribution in [-0.2, 0) is 6.42 Å². The average Bonchev–Trinajstić information content (AvgIpc) is 2.29. The lowest BCUT2D eigenvalue weighted by atomic mass is 9.96. The van der Waals surface area contributed by atoms with Gasteiger partial charge in [-0.3, -0.25) is 4.79 Å².